The summed E-state index contributed by atoms with van der Waals surface area (Å²) in [6, 6.07) is 6.01. The number of halogens is 1. The molecule has 1 aromatic carbocycles. The van der Waals surface area contributed by atoms with Gasteiger partial charge in [-0.2, -0.15) is 0 Å². The van der Waals surface area contributed by atoms with Crippen LogP contribution in [0.25, 0.3) is 0 Å². The molecule has 1 heterocycles. The van der Waals surface area contributed by atoms with Crippen LogP contribution in [0.15, 0.2) is 24.3 Å². The van der Waals surface area contributed by atoms with E-state index < -0.39 is 0 Å². The van der Waals surface area contributed by atoms with E-state index in [1.807, 2.05) is 4.90 Å². The van der Waals surface area contributed by atoms with Gasteiger partial charge in [0.1, 0.15) is 11.6 Å². The van der Waals surface area contributed by atoms with Gasteiger partial charge in [0.15, 0.2) is 0 Å². The molecule has 1 aromatic rings. The van der Waals surface area contributed by atoms with Gasteiger partial charge in [-0.1, -0.05) is 13.0 Å². The van der Waals surface area contributed by atoms with E-state index in [-0.39, 0.29) is 23.7 Å². The number of rotatable bonds is 7. The number of likely N-dealkylation sites (tertiary alicyclic amines) is 1. The molecule has 0 aromatic heterocycles. The van der Waals surface area contributed by atoms with Crippen LogP contribution in [0.2, 0.25) is 0 Å². The molecule has 1 amide bonds. The molecule has 2 rings (SSSR count). The smallest absolute Gasteiger partial charge is 0.222 e. The van der Waals surface area contributed by atoms with Crippen molar-refractivity contribution in [1.82, 2.24) is 4.90 Å². The highest BCUT2D eigenvalue weighted by atomic mass is 19.1. The van der Waals surface area contributed by atoms with Gasteiger partial charge in [-0.25, -0.2) is 4.39 Å². The van der Waals surface area contributed by atoms with E-state index in [2.05, 4.69) is 6.92 Å². The Morgan fingerprint density at radius 2 is 2.13 bits per heavy atom. The van der Waals surface area contributed by atoms with Crippen molar-refractivity contribution in [3.63, 3.8) is 0 Å². The highest BCUT2D eigenvalue weighted by Crippen LogP contribution is 2.34. The minimum Gasteiger partial charge on any atom is -0.493 e. The molecule has 128 valence electrons. The third-order valence-electron chi connectivity index (χ3n) is 4.86. The number of amides is 1. The van der Waals surface area contributed by atoms with Crippen LogP contribution in [0.3, 0.4) is 0 Å². The Hall–Kier alpha value is -1.62. The van der Waals surface area contributed by atoms with Crippen molar-refractivity contribution in [2.45, 2.75) is 39.0 Å². The number of nitrogens with zero attached hydrogens (tertiary/aromatic N) is 1. The normalized spacial score (nSPS) is 17.1. The third-order valence-corrected chi connectivity index (χ3v) is 4.86. The fraction of sp³-hybridized carbons (Fsp3) is 0.611. The minimum atomic E-state index is -0.324. The zero-order valence-corrected chi connectivity index (χ0v) is 13.8. The Morgan fingerprint density at radius 3 is 2.74 bits per heavy atom. The molecular weight excluding hydrogens is 297 g/mol. The van der Waals surface area contributed by atoms with Gasteiger partial charge in [0.25, 0.3) is 0 Å². The van der Waals surface area contributed by atoms with E-state index in [1.54, 1.807) is 12.1 Å². The maximum atomic E-state index is 13.0. The lowest BCUT2D eigenvalue weighted by Gasteiger charge is -2.40. The van der Waals surface area contributed by atoms with Crippen LogP contribution in [0.4, 0.5) is 4.39 Å². The number of hydrogen-bond acceptors (Lipinski definition) is 3. The molecule has 0 radical (unpaired) electrons. The van der Waals surface area contributed by atoms with Crippen molar-refractivity contribution in [2.75, 3.05) is 26.3 Å². The van der Waals surface area contributed by atoms with Crippen LogP contribution in [0, 0.1) is 11.2 Å². The summed E-state index contributed by atoms with van der Waals surface area (Å²) >= 11 is 0. The summed E-state index contributed by atoms with van der Waals surface area (Å²) in [5.41, 5.74) is -0.00270. The van der Waals surface area contributed by atoms with Gasteiger partial charge < -0.3 is 14.7 Å². The molecule has 0 atom stereocenters. The Bertz CT molecular complexity index is 507. The SMILES string of the molecule is CCC1(CO)CCN(C(=O)CCCOc2cccc(F)c2)CC1. The van der Waals surface area contributed by atoms with Crippen LogP contribution >= 0.6 is 0 Å². The Labute approximate surface area is 137 Å². The van der Waals surface area contributed by atoms with Gasteiger partial charge in [0.05, 0.1) is 6.61 Å². The molecular formula is C18H26FNO3. The number of hydrogen-bond donors (Lipinski definition) is 1. The lowest BCUT2D eigenvalue weighted by Crippen LogP contribution is -2.44. The fourth-order valence-corrected chi connectivity index (χ4v) is 2.98. The van der Waals surface area contributed by atoms with Crippen LogP contribution in [0.5, 0.6) is 5.75 Å². The average Bonchev–Trinajstić information content (AvgIpc) is 2.58. The number of aliphatic hydroxyl groups is 1. The van der Waals surface area contributed by atoms with Crippen molar-refractivity contribution in [3.05, 3.63) is 30.1 Å². The molecule has 23 heavy (non-hydrogen) atoms. The zero-order chi connectivity index (χ0) is 16.7. The molecule has 1 aliphatic heterocycles. The predicted octanol–water partition coefficient (Wildman–Crippen LogP) is 3.00. The summed E-state index contributed by atoms with van der Waals surface area (Å²) in [6.45, 7) is 4.14. The largest absolute Gasteiger partial charge is 0.493 e. The first-order valence-corrected chi connectivity index (χ1v) is 8.35. The number of piperidine rings is 1. The van der Waals surface area contributed by atoms with E-state index >= 15 is 0 Å². The molecule has 0 spiro atoms. The van der Waals surface area contributed by atoms with Crippen molar-refractivity contribution in [1.29, 1.82) is 0 Å². The van der Waals surface area contributed by atoms with Crippen LogP contribution < -0.4 is 4.74 Å². The van der Waals surface area contributed by atoms with Crippen molar-refractivity contribution < 1.29 is 19.0 Å². The van der Waals surface area contributed by atoms with Gasteiger partial charge in [-0.05, 0) is 43.2 Å². The number of aliphatic hydroxyl groups excluding tert-OH is 1. The molecule has 1 N–H and O–H groups in total. The van der Waals surface area contributed by atoms with E-state index in [0.717, 1.165) is 32.4 Å². The Balaban J connectivity index is 1.68. The number of ether oxygens (including phenoxy) is 1. The molecule has 1 saturated heterocycles. The summed E-state index contributed by atoms with van der Waals surface area (Å²) in [5.74, 6) is 0.303. The summed E-state index contributed by atoms with van der Waals surface area (Å²) in [5, 5.41) is 9.52. The van der Waals surface area contributed by atoms with E-state index in [4.69, 9.17) is 4.74 Å². The van der Waals surface area contributed by atoms with Crippen molar-refractivity contribution in [2.24, 2.45) is 5.41 Å². The highest BCUT2D eigenvalue weighted by Gasteiger charge is 2.33. The standard InChI is InChI=1S/C18H26FNO3/c1-2-18(14-21)8-10-20(11-9-18)17(22)7-4-12-23-16-6-3-5-15(19)13-16/h3,5-6,13,21H,2,4,7-12,14H2,1H3. The molecule has 5 heteroatoms. The molecule has 1 aliphatic rings. The van der Waals surface area contributed by atoms with Gasteiger partial charge in [0, 0.05) is 32.2 Å². The van der Waals surface area contributed by atoms with Crippen LogP contribution in [-0.2, 0) is 4.79 Å². The van der Waals surface area contributed by atoms with Gasteiger partial charge in [-0.15, -0.1) is 0 Å². The Morgan fingerprint density at radius 1 is 1.39 bits per heavy atom. The summed E-state index contributed by atoms with van der Waals surface area (Å²) in [4.78, 5) is 14.1. The number of carbonyl (C=O) groups is 1. The first kappa shape index (κ1) is 17.7. The summed E-state index contributed by atoms with van der Waals surface area (Å²) in [6.07, 6.45) is 3.74. The second-order valence-corrected chi connectivity index (χ2v) is 6.30. The third kappa shape index (κ3) is 4.93. The fourth-order valence-electron chi connectivity index (χ4n) is 2.98. The lowest BCUT2D eigenvalue weighted by atomic mass is 9.77. The second-order valence-electron chi connectivity index (χ2n) is 6.30. The molecule has 0 unspecified atom stereocenters. The molecule has 0 bridgehead atoms. The molecule has 0 saturated carbocycles. The summed E-state index contributed by atoms with van der Waals surface area (Å²) < 4.78 is 18.5. The topological polar surface area (TPSA) is 49.8 Å². The Kier molecular flexibility index (Phi) is 6.39. The van der Waals surface area contributed by atoms with Gasteiger partial charge in [-0.3, -0.25) is 4.79 Å². The van der Waals surface area contributed by atoms with Crippen LogP contribution in [0.1, 0.15) is 39.0 Å². The van der Waals surface area contributed by atoms with E-state index in [9.17, 15) is 14.3 Å². The first-order valence-electron chi connectivity index (χ1n) is 8.35. The maximum absolute atomic E-state index is 13.0. The molecule has 4 nitrogen and oxygen atoms in total. The van der Waals surface area contributed by atoms with Gasteiger partial charge in [0.2, 0.25) is 5.91 Å². The van der Waals surface area contributed by atoms with Crippen molar-refractivity contribution >= 4 is 5.91 Å². The zero-order valence-electron chi connectivity index (χ0n) is 13.8. The highest BCUT2D eigenvalue weighted by molar-refractivity contribution is 5.76. The maximum Gasteiger partial charge on any atom is 0.222 e. The number of carbonyl (C=O) groups excluding carboxylic acids is 1. The monoisotopic (exact) mass is 323 g/mol. The second kappa shape index (κ2) is 8.29. The lowest BCUT2D eigenvalue weighted by molar-refractivity contribution is -0.134. The molecule has 1 fully saturated rings. The van der Waals surface area contributed by atoms with Crippen LogP contribution in [-0.4, -0.2) is 42.2 Å². The van der Waals surface area contributed by atoms with E-state index in [1.165, 1.54) is 12.1 Å². The van der Waals surface area contributed by atoms with Gasteiger partial charge >= 0.3 is 0 Å². The minimum absolute atomic E-state index is 0.00270. The van der Waals surface area contributed by atoms with E-state index in [0.29, 0.717) is 25.2 Å². The average molecular weight is 323 g/mol. The first-order chi connectivity index (χ1) is 11.1. The number of benzene rings is 1. The summed E-state index contributed by atoms with van der Waals surface area (Å²) in [7, 11) is 0. The predicted molar refractivity (Wildman–Crippen MR) is 86.8 cm³/mol. The quantitative estimate of drug-likeness (QED) is 0.785. The van der Waals surface area contributed by atoms with Crippen molar-refractivity contribution in [3.8, 4) is 5.75 Å². The molecule has 0 aliphatic carbocycles.